The average molecular weight is 409 g/mol. The molecule has 0 atom stereocenters. The topological polar surface area (TPSA) is 75.2 Å². The zero-order valence-corrected chi connectivity index (χ0v) is 17.8. The molecule has 1 aliphatic heterocycles. The minimum Gasteiger partial charge on any atom is -0.369 e. The van der Waals surface area contributed by atoms with Crippen LogP contribution >= 0.6 is 0 Å². The summed E-state index contributed by atoms with van der Waals surface area (Å²) in [4.78, 5) is 34.3. The van der Waals surface area contributed by atoms with Gasteiger partial charge in [-0.1, -0.05) is 55.7 Å². The molecule has 1 aliphatic carbocycles. The van der Waals surface area contributed by atoms with Gasteiger partial charge in [-0.3, -0.25) is 9.59 Å². The molecule has 1 aromatic carbocycles. The van der Waals surface area contributed by atoms with Gasteiger partial charge in [-0.05, 0) is 25.7 Å². The minimum atomic E-state index is -0.0943. The zero-order valence-electron chi connectivity index (χ0n) is 17.8. The summed E-state index contributed by atoms with van der Waals surface area (Å²) in [5.41, 5.74) is 1.25. The minimum absolute atomic E-state index is 0.0943. The molecule has 160 valence electrons. The van der Waals surface area contributed by atoms with Gasteiger partial charge in [0.2, 0.25) is 0 Å². The number of hydrogen-bond acceptors (Lipinski definition) is 5. The summed E-state index contributed by atoms with van der Waals surface area (Å²) < 4.78 is 0. The number of Topliss-reactive ketones (excluding diaryl/α,β-unsaturated/α-hetero) is 1. The third-order valence-corrected chi connectivity index (χ3v) is 5.84. The van der Waals surface area contributed by atoms with Gasteiger partial charge in [0.1, 0.15) is 23.6 Å². The van der Waals surface area contributed by atoms with E-state index >= 15 is 0 Å². The second kappa shape index (κ2) is 11.4. The Morgan fingerprint density at radius 1 is 1.00 bits per heavy atom. The van der Waals surface area contributed by atoms with Crippen molar-refractivity contribution in [2.24, 2.45) is 5.92 Å². The average Bonchev–Trinajstić information content (AvgIpc) is 2.81. The van der Waals surface area contributed by atoms with Gasteiger partial charge in [0.15, 0.2) is 0 Å². The van der Waals surface area contributed by atoms with Crippen molar-refractivity contribution < 1.29 is 9.59 Å². The number of amides is 1. The molecule has 0 unspecified atom stereocenters. The van der Waals surface area contributed by atoms with Crippen molar-refractivity contribution >= 4 is 17.5 Å². The second-order valence-corrected chi connectivity index (χ2v) is 8.07. The maximum Gasteiger partial charge on any atom is 0.272 e. The van der Waals surface area contributed by atoms with Crippen LogP contribution in [-0.2, 0) is 4.79 Å². The number of hydrogen-bond donors (Lipinski definition) is 1. The van der Waals surface area contributed by atoms with Gasteiger partial charge in [-0.2, -0.15) is 0 Å². The third-order valence-electron chi connectivity index (χ3n) is 5.84. The molecular weight excluding hydrogens is 376 g/mol. The highest BCUT2D eigenvalue weighted by Crippen LogP contribution is 2.24. The van der Waals surface area contributed by atoms with Crippen LogP contribution in [0.4, 0.5) is 5.82 Å². The SMILES string of the molecule is Cc1c(NCC2CCCCC2)ncnc1C(=O)N1CCC(=O)CC1.c1ccccc1. The summed E-state index contributed by atoms with van der Waals surface area (Å²) in [5.74, 6) is 1.59. The van der Waals surface area contributed by atoms with Crippen LogP contribution in [0.25, 0.3) is 0 Å². The van der Waals surface area contributed by atoms with Crippen molar-refractivity contribution in [1.29, 1.82) is 0 Å². The standard InChI is InChI=1S/C18H26N4O2.C6H6/c1-13-16(18(24)22-9-7-15(23)8-10-22)20-12-21-17(13)19-11-14-5-3-2-4-6-14;1-2-4-6-5-3-1/h12,14H,2-11H2,1H3,(H,19,20,21);1-6H. The molecular formula is C24H32N4O2. The molecule has 2 aliphatic rings. The molecule has 0 bridgehead atoms. The Bertz CT molecular complexity index is 783. The van der Waals surface area contributed by atoms with Crippen LogP contribution in [0.1, 0.15) is 61.0 Å². The molecule has 6 nitrogen and oxygen atoms in total. The van der Waals surface area contributed by atoms with E-state index in [1.165, 1.54) is 38.4 Å². The van der Waals surface area contributed by atoms with Crippen LogP contribution in [0.15, 0.2) is 42.7 Å². The summed E-state index contributed by atoms with van der Waals surface area (Å²) in [6.45, 7) is 3.78. The molecule has 0 radical (unpaired) electrons. The molecule has 30 heavy (non-hydrogen) atoms. The maximum absolute atomic E-state index is 12.7. The van der Waals surface area contributed by atoms with E-state index in [1.807, 2.05) is 43.3 Å². The molecule has 2 heterocycles. The van der Waals surface area contributed by atoms with Gasteiger partial charge in [-0.15, -0.1) is 0 Å². The lowest BCUT2D eigenvalue weighted by Gasteiger charge is -2.26. The Kier molecular flexibility index (Phi) is 8.36. The molecule has 2 fully saturated rings. The monoisotopic (exact) mass is 408 g/mol. The quantitative estimate of drug-likeness (QED) is 0.818. The number of aromatic nitrogens is 2. The molecule has 1 saturated heterocycles. The fourth-order valence-corrected chi connectivity index (χ4v) is 3.97. The number of carbonyl (C=O) groups is 2. The second-order valence-electron chi connectivity index (χ2n) is 8.07. The first-order chi connectivity index (χ1) is 14.6. The first-order valence-electron chi connectivity index (χ1n) is 11.0. The van der Waals surface area contributed by atoms with Crippen molar-refractivity contribution in [3.63, 3.8) is 0 Å². The molecule has 1 amide bonds. The van der Waals surface area contributed by atoms with Crippen molar-refractivity contribution in [2.45, 2.75) is 51.9 Å². The van der Waals surface area contributed by atoms with Gasteiger partial charge in [-0.25, -0.2) is 9.97 Å². The zero-order chi connectivity index (χ0) is 21.2. The van der Waals surface area contributed by atoms with Crippen molar-refractivity contribution in [3.8, 4) is 0 Å². The van der Waals surface area contributed by atoms with Gasteiger partial charge < -0.3 is 10.2 Å². The first kappa shape index (κ1) is 21.9. The van der Waals surface area contributed by atoms with Crippen molar-refractivity contribution in [1.82, 2.24) is 14.9 Å². The highest BCUT2D eigenvalue weighted by molar-refractivity contribution is 5.95. The molecule has 1 aromatic heterocycles. The molecule has 6 heteroatoms. The van der Waals surface area contributed by atoms with Crippen molar-refractivity contribution in [3.05, 3.63) is 54.0 Å². The summed E-state index contributed by atoms with van der Waals surface area (Å²) >= 11 is 0. The van der Waals surface area contributed by atoms with Gasteiger partial charge in [0.05, 0.1) is 0 Å². The highest BCUT2D eigenvalue weighted by Gasteiger charge is 2.25. The number of ketones is 1. The first-order valence-corrected chi connectivity index (χ1v) is 11.0. The third kappa shape index (κ3) is 6.37. The van der Waals surface area contributed by atoms with Crippen LogP contribution in [0.3, 0.4) is 0 Å². The van der Waals surface area contributed by atoms with E-state index in [0.717, 1.165) is 17.9 Å². The fourth-order valence-electron chi connectivity index (χ4n) is 3.97. The van der Waals surface area contributed by atoms with E-state index in [-0.39, 0.29) is 11.7 Å². The Balaban J connectivity index is 0.000000367. The number of carbonyl (C=O) groups excluding carboxylic acids is 2. The molecule has 0 spiro atoms. The van der Waals surface area contributed by atoms with E-state index < -0.39 is 0 Å². The Hall–Kier alpha value is -2.76. The summed E-state index contributed by atoms with van der Waals surface area (Å²) in [5, 5.41) is 3.41. The van der Waals surface area contributed by atoms with Gasteiger partial charge >= 0.3 is 0 Å². The van der Waals surface area contributed by atoms with Crippen LogP contribution in [0.5, 0.6) is 0 Å². The van der Waals surface area contributed by atoms with Crippen LogP contribution in [0, 0.1) is 12.8 Å². The largest absolute Gasteiger partial charge is 0.369 e. The Morgan fingerprint density at radius 3 is 2.20 bits per heavy atom. The van der Waals surface area contributed by atoms with Gasteiger partial charge in [0.25, 0.3) is 5.91 Å². The fraction of sp³-hybridized carbons (Fsp3) is 0.500. The normalized spacial score (nSPS) is 17.1. The lowest BCUT2D eigenvalue weighted by atomic mass is 9.89. The number of anilines is 1. The number of benzene rings is 1. The molecule has 1 saturated carbocycles. The lowest BCUT2D eigenvalue weighted by molar-refractivity contribution is -0.120. The van der Waals surface area contributed by atoms with E-state index in [9.17, 15) is 9.59 Å². The predicted molar refractivity (Wildman–Crippen MR) is 118 cm³/mol. The number of nitrogens with zero attached hydrogens (tertiary/aromatic N) is 3. The smallest absolute Gasteiger partial charge is 0.272 e. The number of nitrogens with one attached hydrogen (secondary N) is 1. The van der Waals surface area contributed by atoms with Gasteiger partial charge in [0, 0.05) is 38.0 Å². The molecule has 1 N–H and O–H groups in total. The number of piperidine rings is 1. The summed E-state index contributed by atoms with van der Waals surface area (Å²) in [6, 6.07) is 12.0. The van der Waals surface area contributed by atoms with Crippen LogP contribution in [0.2, 0.25) is 0 Å². The molecule has 4 rings (SSSR count). The van der Waals surface area contributed by atoms with Crippen LogP contribution in [-0.4, -0.2) is 46.2 Å². The maximum atomic E-state index is 12.7. The van der Waals surface area contributed by atoms with E-state index in [1.54, 1.807) is 4.90 Å². The molecule has 2 aromatic rings. The number of rotatable bonds is 4. The van der Waals surface area contributed by atoms with Crippen LogP contribution < -0.4 is 5.32 Å². The van der Waals surface area contributed by atoms with E-state index in [0.29, 0.717) is 37.5 Å². The van der Waals surface area contributed by atoms with Crippen molar-refractivity contribution in [2.75, 3.05) is 25.0 Å². The highest BCUT2D eigenvalue weighted by atomic mass is 16.2. The lowest BCUT2D eigenvalue weighted by Crippen LogP contribution is -2.39. The predicted octanol–water partition coefficient (Wildman–Crippen LogP) is 4.27. The summed E-state index contributed by atoms with van der Waals surface area (Å²) in [6.07, 6.45) is 8.86. The Morgan fingerprint density at radius 2 is 1.60 bits per heavy atom. The summed E-state index contributed by atoms with van der Waals surface area (Å²) in [7, 11) is 0. The Labute approximate surface area is 179 Å². The van der Waals surface area contributed by atoms with E-state index in [2.05, 4.69) is 15.3 Å². The number of likely N-dealkylation sites (tertiary alicyclic amines) is 1. The van der Waals surface area contributed by atoms with E-state index in [4.69, 9.17) is 0 Å².